The molecule has 0 bridgehead atoms. The number of pyridine rings is 1. The molecule has 0 aliphatic heterocycles. The number of hydrogen-bond donors (Lipinski definition) is 1. The molecule has 27 heavy (non-hydrogen) atoms. The molecule has 4 rings (SSSR count). The van der Waals surface area contributed by atoms with Gasteiger partial charge in [-0.25, -0.2) is 4.79 Å². The first-order valence-corrected chi connectivity index (χ1v) is 9.38. The summed E-state index contributed by atoms with van der Waals surface area (Å²) in [6, 6.07) is 12.8. The van der Waals surface area contributed by atoms with Crippen LogP contribution < -0.4 is 5.32 Å². The Kier molecular flexibility index (Phi) is 4.57. The van der Waals surface area contributed by atoms with Gasteiger partial charge in [0.25, 0.3) is 5.91 Å². The fourth-order valence-corrected chi connectivity index (χ4v) is 3.57. The molecule has 6 nitrogen and oxygen atoms in total. The lowest BCUT2D eigenvalue weighted by Gasteiger charge is -2.09. The number of ether oxygens (including phenoxy) is 1. The molecule has 2 heterocycles. The summed E-state index contributed by atoms with van der Waals surface area (Å²) in [5, 5.41) is 14.4. The van der Waals surface area contributed by atoms with Crippen LogP contribution in [0.1, 0.15) is 40.4 Å². The highest BCUT2D eigenvalue weighted by Crippen LogP contribution is 2.40. The Labute approximate surface area is 159 Å². The molecule has 1 amide bonds. The Morgan fingerprint density at radius 1 is 1.30 bits per heavy atom. The van der Waals surface area contributed by atoms with E-state index in [2.05, 4.69) is 10.3 Å². The van der Waals surface area contributed by atoms with E-state index in [1.165, 1.54) is 11.3 Å². The van der Waals surface area contributed by atoms with Crippen LogP contribution in [-0.4, -0.2) is 23.5 Å². The lowest BCUT2D eigenvalue weighted by molar-refractivity contribution is -0.119. The predicted molar refractivity (Wildman–Crippen MR) is 102 cm³/mol. The van der Waals surface area contributed by atoms with Gasteiger partial charge < -0.3 is 10.1 Å². The fourth-order valence-electron chi connectivity index (χ4n) is 2.82. The van der Waals surface area contributed by atoms with Crippen molar-refractivity contribution in [3.8, 4) is 6.07 Å². The number of benzene rings is 1. The van der Waals surface area contributed by atoms with Crippen molar-refractivity contribution in [1.82, 2.24) is 4.98 Å². The van der Waals surface area contributed by atoms with E-state index in [4.69, 9.17) is 10.00 Å². The maximum Gasteiger partial charge on any atom is 0.339 e. The van der Waals surface area contributed by atoms with Crippen LogP contribution in [0.15, 0.2) is 41.8 Å². The maximum absolute atomic E-state index is 12.6. The number of nitriles is 1. The molecule has 7 heteroatoms. The number of rotatable bonds is 5. The summed E-state index contributed by atoms with van der Waals surface area (Å²) in [4.78, 5) is 29.3. The summed E-state index contributed by atoms with van der Waals surface area (Å²) in [5.41, 5.74) is 2.44. The van der Waals surface area contributed by atoms with E-state index >= 15 is 0 Å². The number of hydrogen-bond acceptors (Lipinski definition) is 6. The molecule has 1 saturated carbocycles. The van der Waals surface area contributed by atoms with Crippen molar-refractivity contribution in [3.05, 3.63) is 58.6 Å². The summed E-state index contributed by atoms with van der Waals surface area (Å²) < 4.78 is 5.22. The van der Waals surface area contributed by atoms with Gasteiger partial charge in [0.2, 0.25) is 0 Å². The van der Waals surface area contributed by atoms with Crippen LogP contribution in [-0.2, 0) is 9.53 Å². The lowest BCUT2D eigenvalue weighted by Crippen LogP contribution is -2.21. The zero-order chi connectivity index (χ0) is 18.8. The van der Waals surface area contributed by atoms with Crippen molar-refractivity contribution in [3.63, 3.8) is 0 Å². The third-order valence-corrected chi connectivity index (χ3v) is 5.15. The SMILES string of the molecule is N#Cc1ccsc1NC(=O)COC(=O)c1cc(C2CC2)nc2ccccc12. The Bertz CT molecular complexity index is 1080. The zero-order valence-corrected chi connectivity index (χ0v) is 15.1. The van der Waals surface area contributed by atoms with E-state index < -0.39 is 18.5 Å². The van der Waals surface area contributed by atoms with Crippen molar-refractivity contribution in [2.75, 3.05) is 11.9 Å². The first kappa shape index (κ1) is 17.2. The summed E-state index contributed by atoms with van der Waals surface area (Å²) in [6.07, 6.45) is 2.15. The minimum atomic E-state index is -0.558. The number of para-hydroxylation sites is 1. The van der Waals surface area contributed by atoms with E-state index in [0.29, 0.717) is 27.4 Å². The van der Waals surface area contributed by atoms with Gasteiger partial charge in [0.15, 0.2) is 6.61 Å². The van der Waals surface area contributed by atoms with Gasteiger partial charge in [-0.3, -0.25) is 9.78 Å². The number of anilines is 1. The number of carbonyl (C=O) groups excluding carboxylic acids is 2. The number of carbonyl (C=O) groups is 2. The number of thiophene rings is 1. The topological polar surface area (TPSA) is 92.1 Å². The summed E-state index contributed by atoms with van der Waals surface area (Å²) in [7, 11) is 0. The van der Waals surface area contributed by atoms with Crippen LogP contribution in [0.5, 0.6) is 0 Å². The van der Waals surface area contributed by atoms with Gasteiger partial charge >= 0.3 is 5.97 Å². The van der Waals surface area contributed by atoms with Crippen LogP contribution in [0, 0.1) is 11.3 Å². The average molecular weight is 377 g/mol. The first-order valence-electron chi connectivity index (χ1n) is 8.50. The van der Waals surface area contributed by atoms with Gasteiger partial charge in [-0.15, -0.1) is 11.3 Å². The molecular formula is C20H15N3O3S. The van der Waals surface area contributed by atoms with Crippen LogP contribution in [0.25, 0.3) is 10.9 Å². The van der Waals surface area contributed by atoms with Crippen LogP contribution in [0.3, 0.4) is 0 Å². The van der Waals surface area contributed by atoms with Crippen LogP contribution in [0.4, 0.5) is 5.00 Å². The number of fused-ring (bicyclic) bond motifs is 1. The van der Waals surface area contributed by atoms with Gasteiger partial charge in [0.1, 0.15) is 11.1 Å². The van der Waals surface area contributed by atoms with Gasteiger partial charge in [-0.05, 0) is 36.4 Å². The normalized spacial score (nSPS) is 13.1. The molecule has 1 aromatic carbocycles. The molecular weight excluding hydrogens is 362 g/mol. The lowest BCUT2D eigenvalue weighted by atomic mass is 10.1. The molecule has 0 unspecified atom stereocenters. The average Bonchev–Trinajstić information content (AvgIpc) is 3.45. The van der Waals surface area contributed by atoms with E-state index in [9.17, 15) is 9.59 Å². The molecule has 0 spiro atoms. The monoisotopic (exact) mass is 377 g/mol. The van der Waals surface area contributed by atoms with Crippen LogP contribution >= 0.6 is 11.3 Å². The number of aromatic nitrogens is 1. The van der Waals surface area contributed by atoms with E-state index in [1.807, 2.05) is 30.3 Å². The third kappa shape index (κ3) is 3.66. The van der Waals surface area contributed by atoms with E-state index in [1.54, 1.807) is 17.5 Å². The van der Waals surface area contributed by atoms with Crippen LogP contribution in [0.2, 0.25) is 0 Å². The highest BCUT2D eigenvalue weighted by molar-refractivity contribution is 7.14. The second-order valence-corrected chi connectivity index (χ2v) is 7.20. The summed E-state index contributed by atoms with van der Waals surface area (Å²) >= 11 is 1.24. The number of nitrogens with zero attached hydrogens (tertiary/aromatic N) is 2. The molecule has 0 radical (unpaired) electrons. The number of amides is 1. The van der Waals surface area contributed by atoms with Crippen molar-refractivity contribution in [2.24, 2.45) is 0 Å². The zero-order valence-electron chi connectivity index (χ0n) is 14.3. The molecule has 0 atom stereocenters. The molecule has 0 saturated heterocycles. The number of nitrogens with one attached hydrogen (secondary N) is 1. The molecule has 3 aromatic rings. The van der Waals surface area contributed by atoms with E-state index in [-0.39, 0.29) is 0 Å². The summed E-state index contributed by atoms with van der Waals surface area (Å²) in [6.45, 7) is -0.420. The minimum Gasteiger partial charge on any atom is -0.452 e. The van der Waals surface area contributed by atoms with Crippen molar-refractivity contribution in [2.45, 2.75) is 18.8 Å². The highest BCUT2D eigenvalue weighted by atomic mass is 32.1. The second kappa shape index (κ2) is 7.17. The van der Waals surface area contributed by atoms with Gasteiger partial charge in [0, 0.05) is 17.0 Å². The summed E-state index contributed by atoms with van der Waals surface area (Å²) in [5.74, 6) is -0.645. The van der Waals surface area contributed by atoms with Gasteiger partial charge in [-0.2, -0.15) is 5.26 Å². The Hall–Kier alpha value is -3.24. The fraction of sp³-hybridized carbons (Fsp3) is 0.200. The van der Waals surface area contributed by atoms with Crippen molar-refractivity contribution in [1.29, 1.82) is 5.26 Å². The Morgan fingerprint density at radius 2 is 2.11 bits per heavy atom. The highest BCUT2D eigenvalue weighted by Gasteiger charge is 2.27. The smallest absolute Gasteiger partial charge is 0.339 e. The Balaban J connectivity index is 1.50. The standard InChI is InChI=1S/C20H15N3O3S/c21-10-13-7-8-27-19(13)23-18(24)11-26-20(25)15-9-17(12-5-6-12)22-16-4-2-1-3-14(15)16/h1-4,7-9,12H,5-6,11H2,(H,23,24). The molecule has 134 valence electrons. The number of esters is 1. The first-order chi connectivity index (χ1) is 13.2. The molecule has 2 aromatic heterocycles. The quantitative estimate of drug-likeness (QED) is 0.682. The Morgan fingerprint density at radius 3 is 2.89 bits per heavy atom. The van der Waals surface area contributed by atoms with Gasteiger partial charge in [0.05, 0.1) is 16.6 Å². The molecule has 1 aliphatic carbocycles. The largest absolute Gasteiger partial charge is 0.452 e. The maximum atomic E-state index is 12.6. The van der Waals surface area contributed by atoms with E-state index in [0.717, 1.165) is 24.1 Å². The van der Waals surface area contributed by atoms with Gasteiger partial charge in [-0.1, -0.05) is 18.2 Å². The van der Waals surface area contributed by atoms with Crippen molar-refractivity contribution < 1.29 is 14.3 Å². The predicted octanol–water partition coefficient (Wildman–Crippen LogP) is 3.84. The molecule has 1 fully saturated rings. The second-order valence-electron chi connectivity index (χ2n) is 6.29. The third-order valence-electron chi connectivity index (χ3n) is 4.32. The molecule has 1 N–H and O–H groups in total. The molecule has 1 aliphatic rings. The van der Waals surface area contributed by atoms with Crippen molar-refractivity contribution >= 4 is 39.1 Å². The minimum absolute atomic E-state index is 0.383.